The van der Waals surface area contributed by atoms with Gasteiger partial charge in [-0.3, -0.25) is 18.6 Å². The van der Waals surface area contributed by atoms with Gasteiger partial charge in [-0.15, -0.1) is 0 Å². The van der Waals surface area contributed by atoms with E-state index in [1.165, 1.54) is 218 Å². The Kier molecular flexibility index (Phi) is 60.6. The smallest absolute Gasteiger partial charge is 0.462 e. The molecule has 0 aromatic carbocycles. The van der Waals surface area contributed by atoms with E-state index in [1.807, 2.05) is 12.2 Å². The van der Waals surface area contributed by atoms with E-state index in [9.17, 15) is 19.0 Å². The van der Waals surface area contributed by atoms with Gasteiger partial charge in [-0.2, -0.15) is 0 Å². The average molecular weight is 1100 g/mol. The van der Waals surface area contributed by atoms with Crippen LogP contribution in [0.5, 0.6) is 0 Å². The highest BCUT2D eigenvalue weighted by Gasteiger charge is 2.26. The van der Waals surface area contributed by atoms with Crippen LogP contribution in [0, 0.1) is 0 Å². The molecule has 0 amide bonds. The molecule has 2 unspecified atom stereocenters. The highest BCUT2D eigenvalue weighted by molar-refractivity contribution is 7.47. The standard InChI is InChI=1S/C67H122NO8P/c1-3-5-7-9-11-13-15-17-19-21-23-24-25-26-27-28-29-30-31-32-33-34-35-36-37-38-39-40-42-43-45-47-49-51-53-55-57-59-66(69)73-63-65(64-75-77(71,72)74-62-61-68)76-67(70)60-58-56-54-52-50-48-46-44-41-22-20-18-16-14-12-10-8-6-4-2/h6,8,12,14,18,20,41,44,48,50,54,56,65H,3-5,7,9-11,13,15-17,19,21-40,42-43,45-47,49,51-53,55,57-64,68H2,1-2H3,(H,71,72)/b8-6-,14-12-,20-18-,44-41-,50-48-,56-54-. The average Bonchev–Trinajstić information content (AvgIpc) is 3.42. The van der Waals surface area contributed by atoms with E-state index < -0.39 is 32.5 Å². The molecule has 0 heterocycles. The number of phosphoric acid groups is 1. The van der Waals surface area contributed by atoms with Crippen LogP contribution in [-0.2, 0) is 32.7 Å². The summed E-state index contributed by atoms with van der Waals surface area (Å²) in [6.07, 6.45) is 81.7. The number of hydrogen-bond donors (Lipinski definition) is 2. The molecule has 0 bridgehead atoms. The maximum atomic E-state index is 12.6. The Labute approximate surface area is 475 Å². The molecule has 448 valence electrons. The highest BCUT2D eigenvalue weighted by Crippen LogP contribution is 2.43. The van der Waals surface area contributed by atoms with Gasteiger partial charge in [-0.25, -0.2) is 4.57 Å². The molecular weight excluding hydrogens is 978 g/mol. The van der Waals surface area contributed by atoms with E-state index in [-0.39, 0.29) is 32.6 Å². The van der Waals surface area contributed by atoms with Crippen LogP contribution in [0.2, 0.25) is 0 Å². The van der Waals surface area contributed by atoms with Gasteiger partial charge in [0.25, 0.3) is 0 Å². The number of unbranched alkanes of at least 4 members (excludes halogenated alkanes) is 36. The van der Waals surface area contributed by atoms with Crippen molar-refractivity contribution in [3.8, 4) is 0 Å². The fraction of sp³-hybridized carbons (Fsp3) is 0.791. The van der Waals surface area contributed by atoms with E-state index in [0.29, 0.717) is 6.42 Å². The number of esters is 2. The van der Waals surface area contributed by atoms with Crippen LogP contribution in [0.4, 0.5) is 0 Å². The Hall–Kier alpha value is -2.55. The Bertz CT molecular complexity index is 1490. The summed E-state index contributed by atoms with van der Waals surface area (Å²) >= 11 is 0. The second-order valence-electron chi connectivity index (χ2n) is 21.6. The van der Waals surface area contributed by atoms with Crippen LogP contribution in [0.25, 0.3) is 0 Å². The number of phosphoric ester groups is 1. The molecule has 0 saturated heterocycles. The topological polar surface area (TPSA) is 134 Å². The van der Waals surface area contributed by atoms with Crippen LogP contribution in [0.3, 0.4) is 0 Å². The number of carbonyl (C=O) groups is 2. The zero-order valence-electron chi connectivity index (χ0n) is 50.2. The molecule has 0 radical (unpaired) electrons. The quantitative estimate of drug-likeness (QED) is 0.0264. The van der Waals surface area contributed by atoms with Gasteiger partial charge < -0.3 is 20.1 Å². The summed E-state index contributed by atoms with van der Waals surface area (Å²) < 4.78 is 32.9. The van der Waals surface area contributed by atoms with Crippen molar-refractivity contribution in [2.24, 2.45) is 5.73 Å². The molecule has 0 aromatic rings. The van der Waals surface area contributed by atoms with Crippen molar-refractivity contribution in [3.63, 3.8) is 0 Å². The molecule has 10 heteroatoms. The second kappa shape index (κ2) is 62.6. The van der Waals surface area contributed by atoms with E-state index in [1.54, 1.807) is 0 Å². The summed E-state index contributed by atoms with van der Waals surface area (Å²) in [6, 6.07) is 0. The van der Waals surface area contributed by atoms with Crippen LogP contribution >= 0.6 is 7.82 Å². The molecule has 0 fully saturated rings. The monoisotopic (exact) mass is 1100 g/mol. The predicted octanol–water partition coefficient (Wildman–Crippen LogP) is 20.9. The SMILES string of the molecule is CC/C=C\C/C=C\C/C=C\C/C=C\C/C=C\C/C=C\CCC(=O)OC(COC(=O)CCCCCCCCCCCCCCCCCCCCCCCCCCCCCCCCCCCCCCC)COP(=O)(O)OCCN. The van der Waals surface area contributed by atoms with Crippen molar-refractivity contribution >= 4 is 19.8 Å². The van der Waals surface area contributed by atoms with E-state index >= 15 is 0 Å². The van der Waals surface area contributed by atoms with Crippen molar-refractivity contribution < 1.29 is 37.6 Å². The molecule has 9 nitrogen and oxygen atoms in total. The largest absolute Gasteiger partial charge is 0.472 e. The van der Waals surface area contributed by atoms with Gasteiger partial charge in [-0.05, 0) is 51.4 Å². The Balaban J connectivity index is 3.84. The molecule has 3 N–H and O–H groups in total. The lowest BCUT2D eigenvalue weighted by molar-refractivity contribution is -0.161. The molecular formula is C67H122NO8P. The van der Waals surface area contributed by atoms with Gasteiger partial charge in [-0.1, -0.05) is 318 Å². The third-order valence-corrected chi connectivity index (χ3v) is 15.1. The van der Waals surface area contributed by atoms with Gasteiger partial charge in [0.05, 0.1) is 13.2 Å². The van der Waals surface area contributed by atoms with Crippen molar-refractivity contribution in [3.05, 3.63) is 72.9 Å². The Morgan fingerprint density at radius 1 is 0.403 bits per heavy atom. The number of nitrogens with two attached hydrogens (primary N) is 1. The summed E-state index contributed by atoms with van der Waals surface area (Å²) in [5.74, 6) is -0.918. The van der Waals surface area contributed by atoms with Crippen molar-refractivity contribution in [1.82, 2.24) is 0 Å². The number of hydrogen-bond acceptors (Lipinski definition) is 8. The minimum absolute atomic E-state index is 0.0400. The zero-order valence-corrected chi connectivity index (χ0v) is 51.1. The van der Waals surface area contributed by atoms with Crippen LogP contribution in [0.15, 0.2) is 72.9 Å². The van der Waals surface area contributed by atoms with E-state index in [4.69, 9.17) is 24.3 Å². The number of rotatable bonds is 61. The Morgan fingerprint density at radius 2 is 0.714 bits per heavy atom. The minimum atomic E-state index is -4.41. The van der Waals surface area contributed by atoms with Gasteiger partial charge >= 0.3 is 19.8 Å². The number of allylic oxidation sites excluding steroid dienone is 12. The summed E-state index contributed by atoms with van der Waals surface area (Å²) in [5, 5.41) is 0. The summed E-state index contributed by atoms with van der Waals surface area (Å²) in [5.41, 5.74) is 5.38. The van der Waals surface area contributed by atoms with Crippen LogP contribution in [-0.4, -0.2) is 49.3 Å². The summed E-state index contributed by atoms with van der Waals surface area (Å²) in [4.78, 5) is 35.2. The fourth-order valence-corrected chi connectivity index (χ4v) is 10.1. The molecule has 0 aromatic heterocycles. The van der Waals surface area contributed by atoms with E-state index in [2.05, 4.69) is 74.6 Å². The fourth-order valence-electron chi connectivity index (χ4n) is 9.37. The van der Waals surface area contributed by atoms with E-state index in [0.717, 1.165) is 57.8 Å². The Morgan fingerprint density at radius 3 is 1.04 bits per heavy atom. The predicted molar refractivity (Wildman–Crippen MR) is 330 cm³/mol. The number of carbonyl (C=O) groups excluding carboxylic acids is 2. The van der Waals surface area contributed by atoms with Gasteiger partial charge in [0.2, 0.25) is 0 Å². The summed E-state index contributed by atoms with van der Waals surface area (Å²) in [7, 11) is -4.41. The first-order valence-electron chi connectivity index (χ1n) is 32.4. The maximum absolute atomic E-state index is 12.6. The van der Waals surface area contributed by atoms with Gasteiger partial charge in [0, 0.05) is 19.4 Å². The molecule has 0 aliphatic rings. The minimum Gasteiger partial charge on any atom is -0.462 e. The third kappa shape index (κ3) is 62.5. The highest BCUT2D eigenvalue weighted by atomic mass is 31.2. The maximum Gasteiger partial charge on any atom is 0.472 e. The molecule has 0 aliphatic carbocycles. The second-order valence-corrected chi connectivity index (χ2v) is 23.1. The molecule has 77 heavy (non-hydrogen) atoms. The number of ether oxygens (including phenoxy) is 2. The first-order chi connectivity index (χ1) is 37.8. The first-order valence-corrected chi connectivity index (χ1v) is 33.9. The molecule has 0 spiro atoms. The third-order valence-electron chi connectivity index (χ3n) is 14.1. The van der Waals surface area contributed by atoms with Crippen LogP contribution < -0.4 is 5.73 Å². The lowest BCUT2D eigenvalue weighted by atomic mass is 10.0. The molecule has 0 aliphatic heterocycles. The van der Waals surface area contributed by atoms with Crippen molar-refractivity contribution in [2.75, 3.05) is 26.4 Å². The normalized spacial score (nSPS) is 13.5. The van der Waals surface area contributed by atoms with Gasteiger partial charge in [0.15, 0.2) is 6.10 Å². The zero-order chi connectivity index (χ0) is 55.9. The lowest BCUT2D eigenvalue weighted by Crippen LogP contribution is -2.29. The molecule has 0 saturated carbocycles. The first kappa shape index (κ1) is 74.5. The molecule has 0 rings (SSSR count). The van der Waals surface area contributed by atoms with Crippen molar-refractivity contribution in [2.45, 2.75) is 315 Å². The van der Waals surface area contributed by atoms with Crippen molar-refractivity contribution in [1.29, 1.82) is 0 Å². The lowest BCUT2D eigenvalue weighted by Gasteiger charge is -2.19. The molecule has 2 atom stereocenters. The van der Waals surface area contributed by atoms with Crippen LogP contribution in [0.1, 0.15) is 309 Å². The van der Waals surface area contributed by atoms with Gasteiger partial charge in [0.1, 0.15) is 6.61 Å². The summed E-state index contributed by atoms with van der Waals surface area (Å²) in [6.45, 7) is 3.58.